The summed E-state index contributed by atoms with van der Waals surface area (Å²) in [6.45, 7) is 4.29. The maximum absolute atomic E-state index is 12.5. The highest BCUT2D eigenvalue weighted by Crippen LogP contribution is 2.28. The van der Waals surface area contributed by atoms with Gasteiger partial charge in [-0.15, -0.1) is 0 Å². The minimum Gasteiger partial charge on any atom is -0.493 e. The molecule has 0 aliphatic heterocycles. The van der Waals surface area contributed by atoms with Gasteiger partial charge >= 0.3 is 0 Å². The summed E-state index contributed by atoms with van der Waals surface area (Å²) < 4.78 is 11.1. The highest BCUT2D eigenvalue weighted by atomic mass is 16.5. The molecule has 0 unspecified atom stereocenters. The molecule has 1 N–H and O–H groups in total. The van der Waals surface area contributed by atoms with E-state index in [1.165, 1.54) is 19.8 Å². The van der Waals surface area contributed by atoms with Gasteiger partial charge in [-0.3, -0.25) is 9.59 Å². The minimum atomic E-state index is -0.275. The van der Waals surface area contributed by atoms with Crippen molar-refractivity contribution in [2.24, 2.45) is 0 Å². The Morgan fingerprint density at radius 1 is 0.963 bits per heavy atom. The zero-order valence-electron chi connectivity index (χ0n) is 16.2. The summed E-state index contributed by atoms with van der Waals surface area (Å²) in [6.07, 6.45) is 4.51. The van der Waals surface area contributed by atoms with Crippen molar-refractivity contribution in [2.45, 2.75) is 39.5 Å². The second-order valence-electron chi connectivity index (χ2n) is 6.37. The van der Waals surface area contributed by atoms with Crippen LogP contribution in [0, 0.1) is 0 Å². The Morgan fingerprint density at radius 3 is 2.48 bits per heavy atom. The lowest BCUT2D eigenvalue weighted by atomic mass is 10.1. The molecule has 1 amide bonds. The number of hydrogen-bond acceptors (Lipinski definition) is 4. The Kier molecular flexibility index (Phi) is 7.86. The van der Waals surface area contributed by atoms with Gasteiger partial charge in [0.2, 0.25) is 0 Å². The number of nitrogens with one attached hydrogen (secondary N) is 1. The third-order valence-electron chi connectivity index (χ3n) is 4.21. The van der Waals surface area contributed by atoms with Crippen molar-refractivity contribution in [1.29, 1.82) is 0 Å². The average molecular weight is 369 g/mol. The molecule has 0 aliphatic rings. The second kappa shape index (κ2) is 10.4. The highest BCUT2D eigenvalue weighted by molar-refractivity contribution is 6.05. The molecule has 0 bridgehead atoms. The largest absolute Gasteiger partial charge is 0.493 e. The number of methoxy groups -OCH3 is 1. The van der Waals surface area contributed by atoms with Crippen LogP contribution in [0.15, 0.2) is 42.5 Å². The van der Waals surface area contributed by atoms with Crippen LogP contribution in [0.5, 0.6) is 11.5 Å². The standard InChI is InChI=1S/C22H27NO4/c1-4-5-6-7-13-27-20-12-11-18(15-21(20)26-3)22(25)23-19-10-8-9-17(14-19)16(2)24/h8-12,14-15H,4-7,13H2,1-3H3,(H,23,25). The van der Waals surface area contributed by atoms with Crippen molar-refractivity contribution in [3.05, 3.63) is 53.6 Å². The quantitative estimate of drug-likeness (QED) is 0.467. The number of ketones is 1. The fourth-order valence-corrected chi connectivity index (χ4v) is 2.66. The van der Waals surface area contributed by atoms with E-state index in [1.54, 1.807) is 49.6 Å². The molecule has 0 saturated heterocycles. The van der Waals surface area contributed by atoms with E-state index in [0.29, 0.717) is 34.9 Å². The van der Waals surface area contributed by atoms with Crippen molar-refractivity contribution in [3.63, 3.8) is 0 Å². The number of rotatable bonds is 10. The number of carbonyl (C=O) groups excluding carboxylic acids is 2. The summed E-state index contributed by atoms with van der Waals surface area (Å²) in [7, 11) is 1.55. The number of hydrogen-bond donors (Lipinski definition) is 1. The lowest BCUT2D eigenvalue weighted by molar-refractivity contribution is 0.101. The third-order valence-corrected chi connectivity index (χ3v) is 4.21. The SMILES string of the molecule is CCCCCCOc1ccc(C(=O)Nc2cccc(C(C)=O)c2)cc1OC. The van der Waals surface area contributed by atoms with Crippen molar-refractivity contribution in [2.75, 3.05) is 19.0 Å². The zero-order valence-corrected chi connectivity index (χ0v) is 16.2. The smallest absolute Gasteiger partial charge is 0.255 e. The van der Waals surface area contributed by atoms with E-state index in [1.807, 2.05) is 0 Å². The molecule has 5 heteroatoms. The third kappa shape index (κ3) is 6.13. The number of carbonyl (C=O) groups is 2. The van der Waals surface area contributed by atoms with Crippen LogP contribution in [0.4, 0.5) is 5.69 Å². The van der Waals surface area contributed by atoms with Crippen LogP contribution >= 0.6 is 0 Å². The van der Waals surface area contributed by atoms with Crippen molar-refractivity contribution in [3.8, 4) is 11.5 Å². The van der Waals surface area contributed by atoms with E-state index in [0.717, 1.165) is 12.8 Å². The first-order valence-electron chi connectivity index (χ1n) is 9.28. The van der Waals surface area contributed by atoms with Gasteiger partial charge in [0.25, 0.3) is 5.91 Å². The lowest BCUT2D eigenvalue weighted by Crippen LogP contribution is -2.12. The summed E-state index contributed by atoms with van der Waals surface area (Å²) in [5, 5.41) is 2.80. The molecule has 27 heavy (non-hydrogen) atoms. The van der Waals surface area contributed by atoms with Gasteiger partial charge in [0.05, 0.1) is 13.7 Å². The first kappa shape index (κ1) is 20.5. The number of unbranched alkanes of at least 4 members (excludes halogenated alkanes) is 3. The van der Waals surface area contributed by atoms with Crippen LogP contribution in [-0.2, 0) is 0 Å². The predicted octanol–water partition coefficient (Wildman–Crippen LogP) is 5.11. The predicted molar refractivity (Wildman–Crippen MR) is 107 cm³/mol. The summed E-state index contributed by atoms with van der Waals surface area (Å²) in [5.41, 5.74) is 1.58. The molecule has 0 aromatic heterocycles. The Hall–Kier alpha value is -2.82. The van der Waals surface area contributed by atoms with Crippen LogP contribution in [0.3, 0.4) is 0 Å². The van der Waals surface area contributed by atoms with Gasteiger partial charge in [-0.25, -0.2) is 0 Å². The van der Waals surface area contributed by atoms with Crippen LogP contribution in [0.1, 0.15) is 60.2 Å². The van der Waals surface area contributed by atoms with Crippen molar-refractivity contribution < 1.29 is 19.1 Å². The summed E-state index contributed by atoms with van der Waals surface area (Å²) in [5.74, 6) is 0.830. The molecule has 0 heterocycles. The van der Waals surface area contributed by atoms with Crippen molar-refractivity contribution >= 4 is 17.4 Å². The van der Waals surface area contributed by atoms with Gasteiger partial charge in [0.1, 0.15) is 0 Å². The van der Waals surface area contributed by atoms with Crippen LogP contribution < -0.4 is 14.8 Å². The Bertz CT molecular complexity index is 786. The van der Waals surface area contributed by atoms with Crippen LogP contribution in [0.25, 0.3) is 0 Å². The van der Waals surface area contributed by atoms with Gasteiger partial charge in [0, 0.05) is 16.8 Å². The highest BCUT2D eigenvalue weighted by Gasteiger charge is 2.12. The summed E-state index contributed by atoms with van der Waals surface area (Å²) >= 11 is 0. The Labute approximate surface area is 160 Å². The van der Waals surface area contributed by atoms with E-state index >= 15 is 0 Å². The number of amides is 1. The monoisotopic (exact) mass is 369 g/mol. The molecule has 2 rings (SSSR count). The van der Waals surface area contributed by atoms with Gasteiger partial charge in [-0.05, 0) is 43.7 Å². The van der Waals surface area contributed by atoms with Gasteiger partial charge in [-0.1, -0.05) is 38.3 Å². The molecular formula is C22H27NO4. The van der Waals surface area contributed by atoms with Gasteiger partial charge < -0.3 is 14.8 Å². The molecule has 0 aliphatic carbocycles. The molecule has 0 spiro atoms. The van der Waals surface area contributed by atoms with E-state index in [4.69, 9.17) is 9.47 Å². The molecule has 0 radical (unpaired) electrons. The zero-order chi connectivity index (χ0) is 19.6. The first-order valence-corrected chi connectivity index (χ1v) is 9.28. The Balaban J connectivity index is 2.04. The molecule has 0 fully saturated rings. The van der Waals surface area contributed by atoms with E-state index in [-0.39, 0.29) is 11.7 Å². The summed E-state index contributed by atoms with van der Waals surface area (Å²) in [4.78, 5) is 24.0. The second-order valence-corrected chi connectivity index (χ2v) is 6.37. The average Bonchev–Trinajstić information content (AvgIpc) is 2.68. The fourth-order valence-electron chi connectivity index (χ4n) is 2.66. The molecule has 5 nitrogen and oxygen atoms in total. The fraction of sp³-hybridized carbons (Fsp3) is 0.364. The van der Waals surface area contributed by atoms with E-state index < -0.39 is 0 Å². The topological polar surface area (TPSA) is 64.6 Å². The maximum atomic E-state index is 12.5. The normalized spacial score (nSPS) is 10.3. The molecule has 144 valence electrons. The maximum Gasteiger partial charge on any atom is 0.255 e. The minimum absolute atomic E-state index is 0.0480. The summed E-state index contributed by atoms with van der Waals surface area (Å²) in [6, 6.07) is 12.0. The van der Waals surface area contributed by atoms with Gasteiger partial charge in [-0.2, -0.15) is 0 Å². The Morgan fingerprint density at radius 2 is 1.78 bits per heavy atom. The number of ether oxygens (including phenoxy) is 2. The molecule has 0 saturated carbocycles. The van der Waals surface area contributed by atoms with E-state index in [9.17, 15) is 9.59 Å². The van der Waals surface area contributed by atoms with Gasteiger partial charge in [0.15, 0.2) is 17.3 Å². The molecule has 0 atom stereocenters. The molecular weight excluding hydrogens is 342 g/mol. The van der Waals surface area contributed by atoms with Crippen molar-refractivity contribution in [1.82, 2.24) is 0 Å². The van der Waals surface area contributed by atoms with E-state index in [2.05, 4.69) is 12.2 Å². The molecule has 2 aromatic carbocycles. The molecule has 2 aromatic rings. The lowest BCUT2D eigenvalue weighted by Gasteiger charge is -2.12. The number of benzene rings is 2. The first-order chi connectivity index (χ1) is 13.0. The van der Waals surface area contributed by atoms with Crippen LogP contribution in [0.2, 0.25) is 0 Å². The number of Topliss-reactive ketones (excluding diaryl/α,β-unsaturated/α-hetero) is 1. The van der Waals surface area contributed by atoms with Crippen LogP contribution in [-0.4, -0.2) is 25.4 Å². The number of anilines is 1.